The van der Waals surface area contributed by atoms with E-state index in [1.807, 2.05) is 13.0 Å². The van der Waals surface area contributed by atoms with Gasteiger partial charge >= 0.3 is 0 Å². The predicted molar refractivity (Wildman–Crippen MR) is 117 cm³/mol. The monoisotopic (exact) mass is 360 g/mol. The van der Waals surface area contributed by atoms with Crippen molar-refractivity contribution in [2.24, 2.45) is 23.7 Å². The van der Waals surface area contributed by atoms with Crippen molar-refractivity contribution in [3.8, 4) is 5.75 Å². The summed E-state index contributed by atoms with van der Waals surface area (Å²) in [6.45, 7) is 8.93. The Balaban J connectivity index is 0.000000137. The number of fused-ring (bicyclic) bond motifs is 5. The summed E-state index contributed by atoms with van der Waals surface area (Å²) < 4.78 is 0. The molecular weight excluding hydrogens is 328 g/mol. The second-order valence-electron chi connectivity index (χ2n) is 7.33. The minimum absolute atomic E-state index is 0.322. The molecule has 1 nitrogen and oxygen atoms in total. The van der Waals surface area contributed by atoms with Crippen molar-refractivity contribution < 1.29 is 5.11 Å². The largest absolute Gasteiger partial charge is 0.508 e. The van der Waals surface area contributed by atoms with E-state index in [4.69, 9.17) is 5.11 Å². The molecule has 4 atom stereocenters. The van der Waals surface area contributed by atoms with E-state index >= 15 is 0 Å². The van der Waals surface area contributed by atoms with E-state index in [2.05, 4.69) is 61.8 Å². The highest BCUT2D eigenvalue weighted by Gasteiger charge is 2.44. The quantitative estimate of drug-likeness (QED) is 0.421. The predicted octanol–water partition coefficient (Wildman–Crippen LogP) is 7.03. The number of hydrogen-bond acceptors (Lipinski definition) is 1. The molecule has 5 rings (SSSR count). The zero-order chi connectivity index (χ0) is 19.5. The lowest BCUT2D eigenvalue weighted by Gasteiger charge is -2.18. The number of allylic oxidation sites excluding steroid dienone is 10. The van der Waals surface area contributed by atoms with E-state index in [-0.39, 0.29) is 0 Å². The first-order valence-electron chi connectivity index (χ1n) is 9.80. The summed E-state index contributed by atoms with van der Waals surface area (Å²) in [5.74, 6) is 4.14. The van der Waals surface area contributed by atoms with Crippen LogP contribution in [-0.4, -0.2) is 5.11 Å². The molecule has 142 valence electrons. The van der Waals surface area contributed by atoms with Crippen molar-refractivity contribution in [1.82, 2.24) is 0 Å². The summed E-state index contributed by atoms with van der Waals surface area (Å²) in [6.07, 6.45) is 23.7. The normalized spacial score (nSPS) is 26.9. The fourth-order valence-electron chi connectivity index (χ4n) is 3.79. The SMILES string of the molecule is C1=CC2C3C=CC(C3)C2C1.C1=CCC=C1.C=CC(=C)C.Oc1ccccc1. The number of aromatic hydroxyl groups is 1. The maximum Gasteiger partial charge on any atom is 0.115 e. The van der Waals surface area contributed by atoms with Gasteiger partial charge in [-0.1, -0.05) is 91.6 Å². The van der Waals surface area contributed by atoms with Crippen molar-refractivity contribution in [1.29, 1.82) is 0 Å². The molecule has 4 aliphatic carbocycles. The molecule has 27 heavy (non-hydrogen) atoms. The molecule has 4 unspecified atom stereocenters. The van der Waals surface area contributed by atoms with Gasteiger partial charge in [0, 0.05) is 0 Å². The van der Waals surface area contributed by atoms with Crippen LogP contribution in [0.15, 0.2) is 104 Å². The molecule has 1 aromatic rings. The molecule has 1 N–H and O–H groups in total. The van der Waals surface area contributed by atoms with Crippen LogP contribution >= 0.6 is 0 Å². The van der Waals surface area contributed by atoms with E-state index in [0.717, 1.165) is 35.7 Å². The highest BCUT2D eigenvalue weighted by atomic mass is 16.3. The first-order valence-corrected chi connectivity index (χ1v) is 9.80. The van der Waals surface area contributed by atoms with Gasteiger partial charge in [0.15, 0.2) is 0 Å². The molecule has 1 heteroatoms. The Labute approximate surface area is 164 Å². The smallest absolute Gasteiger partial charge is 0.115 e. The van der Waals surface area contributed by atoms with Crippen LogP contribution in [0.5, 0.6) is 5.75 Å². The summed E-state index contributed by atoms with van der Waals surface area (Å²) in [4.78, 5) is 0. The summed E-state index contributed by atoms with van der Waals surface area (Å²) in [6, 6.07) is 8.71. The van der Waals surface area contributed by atoms with Crippen molar-refractivity contribution >= 4 is 0 Å². The molecule has 0 saturated heterocycles. The highest BCUT2D eigenvalue weighted by molar-refractivity contribution is 5.21. The average Bonchev–Trinajstić information content (AvgIpc) is 3.48. The van der Waals surface area contributed by atoms with Crippen molar-refractivity contribution in [3.05, 3.63) is 104 Å². The van der Waals surface area contributed by atoms with Crippen LogP contribution in [0.1, 0.15) is 26.2 Å². The number of benzene rings is 1. The van der Waals surface area contributed by atoms with Gasteiger partial charge < -0.3 is 5.11 Å². The molecule has 4 aliphatic rings. The lowest BCUT2D eigenvalue weighted by Crippen LogP contribution is -2.12. The van der Waals surface area contributed by atoms with Crippen molar-refractivity contribution in [2.45, 2.75) is 26.2 Å². The van der Waals surface area contributed by atoms with Gasteiger partial charge in [0.1, 0.15) is 5.75 Å². The van der Waals surface area contributed by atoms with Crippen LogP contribution in [0, 0.1) is 23.7 Å². The van der Waals surface area contributed by atoms with Crippen molar-refractivity contribution in [2.75, 3.05) is 0 Å². The second-order valence-corrected chi connectivity index (χ2v) is 7.33. The first-order chi connectivity index (χ1) is 13.1. The molecule has 0 amide bonds. The Morgan fingerprint density at radius 1 is 1.00 bits per heavy atom. The minimum atomic E-state index is 0.322. The van der Waals surface area contributed by atoms with E-state index in [1.165, 1.54) is 12.8 Å². The molecule has 1 aromatic carbocycles. The number of rotatable bonds is 1. The third-order valence-electron chi connectivity index (χ3n) is 5.22. The number of phenols is 1. The average molecular weight is 361 g/mol. The number of hydrogen-bond donors (Lipinski definition) is 1. The lowest BCUT2D eigenvalue weighted by molar-refractivity contribution is 0.398. The summed E-state index contributed by atoms with van der Waals surface area (Å²) in [5, 5.41) is 8.63. The van der Waals surface area contributed by atoms with E-state index in [0.29, 0.717) is 5.75 Å². The second kappa shape index (κ2) is 11.2. The van der Waals surface area contributed by atoms with Gasteiger partial charge in [-0.3, -0.25) is 0 Å². The van der Waals surface area contributed by atoms with Crippen LogP contribution in [0.3, 0.4) is 0 Å². The molecule has 0 heterocycles. The Bertz CT molecular complexity index is 695. The Hall–Kier alpha value is -2.54. The summed E-state index contributed by atoms with van der Waals surface area (Å²) in [5.41, 5.74) is 1.02. The van der Waals surface area contributed by atoms with Gasteiger partial charge in [-0.15, -0.1) is 0 Å². The maximum atomic E-state index is 8.63. The van der Waals surface area contributed by atoms with E-state index < -0.39 is 0 Å². The zero-order valence-electron chi connectivity index (χ0n) is 16.4. The topological polar surface area (TPSA) is 20.2 Å². The summed E-state index contributed by atoms with van der Waals surface area (Å²) in [7, 11) is 0. The third kappa shape index (κ3) is 6.94. The molecule has 0 radical (unpaired) electrons. The molecule has 1 saturated carbocycles. The molecule has 1 fully saturated rings. The highest BCUT2D eigenvalue weighted by Crippen LogP contribution is 2.52. The standard InChI is InChI=1S/C10H12.C6H6O.C5H6.C5H8/c1-2-9-7-4-5-8(6-7)10(9)3-1;7-6-4-2-1-3-5-6;1-2-4-5-3-1;1-4-5(2)3/h1-2,4-5,7-10H,3,6H2;1-5,7H;1-4H,5H2;4H,1-2H2,3H3. The van der Waals surface area contributed by atoms with Gasteiger partial charge in [-0.25, -0.2) is 0 Å². The fourth-order valence-corrected chi connectivity index (χ4v) is 3.79. The molecule has 0 aliphatic heterocycles. The van der Waals surface area contributed by atoms with Gasteiger partial charge in [0.05, 0.1) is 0 Å². The van der Waals surface area contributed by atoms with Crippen LogP contribution in [0.25, 0.3) is 0 Å². The number of phenolic OH excluding ortho intramolecular Hbond substituents is 1. The van der Waals surface area contributed by atoms with Gasteiger partial charge in [-0.05, 0) is 62.0 Å². The van der Waals surface area contributed by atoms with Gasteiger partial charge in [-0.2, -0.15) is 0 Å². The Morgan fingerprint density at radius 3 is 2.07 bits per heavy atom. The molecular formula is C26H32O. The van der Waals surface area contributed by atoms with Crippen molar-refractivity contribution in [3.63, 3.8) is 0 Å². The van der Waals surface area contributed by atoms with Crippen LogP contribution in [-0.2, 0) is 0 Å². The maximum absolute atomic E-state index is 8.63. The van der Waals surface area contributed by atoms with E-state index in [1.54, 1.807) is 30.3 Å². The molecule has 0 spiro atoms. The minimum Gasteiger partial charge on any atom is -0.508 e. The first kappa shape index (κ1) is 20.8. The van der Waals surface area contributed by atoms with Crippen LogP contribution in [0.2, 0.25) is 0 Å². The summed E-state index contributed by atoms with van der Waals surface area (Å²) >= 11 is 0. The van der Waals surface area contributed by atoms with Crippen LogP contribution < -0.4 is 0 Å². The lowest BCUT2D eigenvalue weighted by atomic mass is 9.86. The van der Waals surface area contributed by atoms with Gasteiger partial charge in [0.25, 0.3) is 0 Å². The Morgan fingerprint density at radius 2 is 1.63 bits per heavy atom. The van der Waals surface area contributed by atoms with Crippen LogP contribution in [0.4, 0.5) is 0 Å². The Kier molecular flexibility index (Phi) is 8.64. The van der Waals surface area contributed by atoms with E-state index in [9.17, 15) is 0 Å². The zero-order valence-corrected chi connectivity index (χ0v) is 16.4. The molecule has 2 bridgehead atoms. The third-order valence-corrected chi connectivity index (χ3v) is 5.22. The van der Waals surface area contributed by atoms with Gasteiger partial charge in [0.2, 0.25) is 0 Å². The fraction of sp³-hybridized carbons (Fsp3) is 0.308. The molecule has 0 aromatic heterocycles. The number of para-hydroxylation sites is 1.